The van der Waals surface area contributed by atoms with E-state index in [1.807, 2.05) is 5.32 Å². The number of likely N-dealkylation sites (N-methyl/N-ethyl adjacent to an activating group) is 1. The average Bonchev–Trinajstić information content (AvgIpc) is 3.19. The summed E-state index contributed by atoms with van der Waals surface area (Å²) >= 11 is 0. The Morgan fingerprint density at radius 1 is 1.62 bits per heavy atom. The zero-order valence-electron chi connectivity index (χ0n) is 28.3. The molecule has 0 unspecified atom stereocenters. The highest BCUT2D eigenvalue weighted by Gasteiger charge is 2.22. The number of fused-ring (bicyclic) bond motifs is 1. The van der Waals surface area contributed by atoms with Crippen molar-refractivity contribution < 1.29 is 34.2 Å². The van der Waals surface area contributed by atoms with E-state index < -0.39 is 103 Å². The third kappa shape index (κ3) is 3.19. The monoisotopic (exact) mass is 305 g/mol. The Morgan fingerprint density at radius 2 is 2.52 bits per heavy atom. The van der Waals surface area contributed by atoms with Gasteiger partial charge < -0.3 is 19.9 Å². The molecule has 3 rings (SSSR count). The van der Waals surface area contributed by atoms with Crippen molar-refractivity contribution in [1.29, 1.82) is 0 Å². The molecule has 0 radical (unpaired) electrons. The number of H-pyrrole nitrogens is 1. The van der Waals surface area contributed by atoms with Crippen LogP contribution in [0.15, 0.2) is 24.3 Å². The molecule has 1 saturated heterocycles. The van der Waals surface area contributed by atoms with Gasteiger partial charge in [0, 0.05) is 40.0 Å². The summed E-state index contributed by atoms with van der Waals surface area (Å²) in [5, 5.41) is 1.03. The fourth-order valence-electron chi connectivity index (χ4n) is 1.65. The molecule has 1 amide bonds. The average molecular weight is 305 g/mol. The van der Waals surface area contributed by atoms with Crippen LogP contribution in [0, 0.1) is 0 Å². The first-order chi connectivity index (χ1) is 17.2. The number of carbonyl (C=O) groups excluding carboxylic acids is 1. The topological polar surface area (TPSA) is 57.4 Å². The fourth-order valence-corrected chi connectivity index (χ4v) is 1.65. The molecule has 5 heteroatoms. The van der Waals surface area contributed by atoms with Gasteiger partial charge in [0.25, 0.3) is 0 Å². The SMILES string of the molecule is [2H]c1[nH]c2c([2H])c([2H])c(C([2H])([2H])[C@@H]3NC(=O)OC3([2H])[2H])c([2H])c2c1C([2H])([2H])C([2H])([2H])N(C([2H])([2H])[2H])C([2H])([2H])[2H]. The lowest BCUT2D eigenvalue weighted by Crippen LogP contribution is -2.28. The van der Waals surface area contributed by atoms with E-state index in [-0.39, 0.29) is 0 Å². The number of alkyl carbamates (subject to hydrolysis) is 1. The number of aromatic amines is 1. The van der Waals surface area contributed by atoms with Crippen molar-refractivity contribution in [2.24, 2.45) is 0 Å². The lowest BCUT2D eigenvalue weighted by Gasteiger charge is -2.09. The Morgan fingerprint density at radius 3 is 3.29 bits per heavy atom. The third-order valence-electron chi connectivity index (χ3n) is 2.49. The number of hydrogen-bond acceptors (Lipinski definition) is 3. The normalized spacial score (nSPS) is 36.4. The summed E-state index contributed by atoms with van der Waals surface area (Å²) in [7, 11) is 0. The molecule has 0 saturated carbocycles. The molecule has 0 bridgehead atoms. The summed E-state index contributed by atoms with van der Waals surface area (Å²) in [6.07, 6.45) is -9.31. The highest BCUT2D eigenvalue weighted by Crippen LogP contribution is 2.21. The van der Waals surface area contributed by atoms with Gasteiger partial charge in [0.05, 0.1) is 14.3 Å². The molecule has 112 valence electrons. The quantitative estimate of drug-likeness (QED) is 0.887. The number of nitrogens with zero attached hydrogens (tertiary/aromatic N) is 1. The van der Waals surface area contributed by atoms with Crippen molar-refractivity contribution in [2.45, 2.75) is 18.8 Å². The Bertz CT molecular complexity index is 1310. The van der Waals surface area contributed by atoms with Crippen molar-refractivity contribution in [2.75, 3.05) is 27.0 Å². The zero-order valence-corrected chi connectivity index (χ0v) is 10.3. The fraction of sp³-hybridized carbons (Fsp3) is 0.438. The van der Waals surface area contributed by atoms with Crippen LogP contribution in [0.25, 0.3) is 10.9 Å². The first kappa shape index (κ1) is 4.04. The van der Waals surface area contributed by atoms with E-state index in [4.69, 9.17) is 24.7 Å². The van der Waals surface area contributed by atoms with E-state index in [2.05, 4.69) is 9.72 Å². The Kier molecular flexibility index (Phi) is 1.11. The summed E-state index contributed by atoms with van der Waals surface area (Å²) in [6, 6.07) is -5.24. The van der Waals surface area contributed by atoms with E-state index in [0.29, 0.717) is 0 Å². The molecule has 1 atom stereocenters. The maximum atomic E-state index is 11.6. The number of cyclic esters (lactones) is 1. The number of amides is 1. The van der Waals surface area contributed by atoms with Gasteiger partial charge in [-0.3, -0.25) is 0 Å². The second-order valence-electron chi connectivity index (χ2n) is 3.93. The molecule has 21 heavy (non-hydrogen) atoms. The molecule has 5 nitrogen and oxygen atoms in total. The van der Waals surface area contributed by atoms with Crippen molar-refractivity contribution in [3.8, 4) is 0 Å². The van der Waals surface area contributed by atoms with Gasteiger partial charge in [-0.05, 0) is 49.9 Å². The van der Waals surface area contributed by atoms with Crippen LogP contribution in [0.5, 0.6) is 0 Å². The summed E-state index contributed by atoms with van der Waals surface area (Å²) in [4.78, 5) is 13.1. The number of hydrogen-bond donors (Lipinski definition) is 2. The molecule has 1 aliphatic heterocycles. The molecule has 1 aromatic carbocycles. The maximum Gasteiger partial charge on any atom is 0.407 e. The zero-order chi connectivity index (χ0) is 30.5. The standard InChI is InChI=1S/C16H21N3O2/c1-19(2)6-5-12-9-17-15-4-3-11(8-14(12)15)7-13-10-21-16(20)18-13/h3-4,8-9,13,17H,5-7,10H2,1-2H3,(H,18,20)/t13-/m0/s1/i1D3,2D3,3D,4D,5D2,6D2,7D2,8D,9D,10D2. The first-order valence-electron chi connectivity index (χ1n) is 14.6. The molecular formula is C16H21N3O2. The number of benzene rings is 1. The van der Waals surface area contributed by atoms with Gasteiger partial charge in [-0.15, -0.1) is 0 Å². The summed E-state index contributed by atoms with van der Waals surface area (Å²) in [5.41, 5.74) is -2.82. The number of rotatable bonds is 5. The first-order valence-corrected chi connectivity index (χ1v) is 5.65. The molecule has 2 heterocycles. The minimum atomic E-state index is -3.94. The molecule has 0 spiro atoms. The van der Waals surface area contributed by atoms with Crippen LogP contribution in [-0.2, 0) is 17.5 Å². The number of ether oxygens (including phenoxy) is 1. The predicted octanol–water partition coefficient (Wildman–Crippen LogP) is 1.92. The molecule has 2 N–H and O–H groups in total. The van der Waals surface area contributed by atoms with Crippen molar-refractivity contribution in [3.63, 3.8) is 0 Å². The van der Waals surface area contributed by atoms with Gasteiger partial charge in [0.15, 0.2) is 0 Å². The van der Waals surface area contributed by atoms with Crippen LogP contribution in [0.4, 0.5) is 4.79 Å². The number of carbonyl (C=O) groups is 1. The van der Waals surface area contributed by atoms with Crippen molar-refractivity contribution in [3.05, 3.63) is 35.4 Å². The summed E-state index contributed by atoms with van der Waals surface area (Å²) in [6.45, 7) is -14.4. The Hall–Kier alpha value is -2.01. The summed E-state index contributed by atoms with van der Waals surface area (Å²) < 4.78 is 149. The van der Waals surface area contributed by atoms with Gasteiger partial charge in [-0.2, -0.15) is 0 Å². The highest BCUT2D eigenvalue weighted by molar-refractivity contribution is 5.84. The predicted molar refractivity (Wildman–Crippen MR) is 82.5 cm³/mol. The van der Waals surface area contributed by atoms with Crippen molar-refractivity contribution in [1.82, 2.24) is 15.2 Å². The molecule has 0 aliphatic carbocycles. The van der Waals surface area contributed by atoms with Crippen molar-refractivity contribution >= 4 is 17.0 Å². The number of nitrogens with one attached hydrogen (secondary N) is 2. The van der Waals surface area contributed by atoms with Crippen LogP contribution < -0.4 is 5.32 Å². The largest absolute Gasteiger partial charge is 0.447 e. The van der Waals surface area contributed by atoms with E-state index in [1.54, 1.807) is 0 Å². The molecule has 1 aliphatic rings. The number of aromatic nitrogens is 1. The lowest BCUT2D eigenvalue weighted by atomic mass is 10.0. The molecule has 2 aromatic rings. The van der Waals surface area contributed by atoms with Crippen LogP contribution in [-0.4, -0.2) is 49.0 Å². The van der Waals surface area contributed by atoms with Crippen LogP contribution >= 0.6 is 0 Å². The molecule has 1 aromatic heterocycles. The van der Waals surface area contributed by atoms with Gasteiger partial charge >= 0.3 is 6.09 Å². The van der Waals surface area contributed by atoms with Gasteiger partial charge in [0.1, 0.15) is 6.56 Å². The van der Waals surface area contributed by atoms with E-state index in [0.717, 1.165) is 0 Å². The van der Waals surface area contributed by atoms with Crippen LogP contribution in [0.2, 0.25) is 0 Å². The van der Waals surface area contributed by atoms with Gasteiger partial charge in [-0.1, -0.05) is 6.04 Å². The van der Waals surface area contributed by atoms with Gasteiger partial charge in [0.2, 0.25) is 0 Å². The Labute approximate surface area is 149 Å². The van der Waals surface area contributed by atoms with E-state index in [9.17, 15) is 4.79 Å². The number of aryl methyl sites for hydroxylation is 1. The van der Waals surface area contributed by atoms with E-state index in [1.165, 1.54) is 0 Å². The lowest BCUT2D eigenvalue weighted by molar-refractivity contribution is 0.177. The molecule has 1 fully saturated rings. The van der Waals surface area contributed by atoms with Gasteiger partial charge in [-0.25, -0.2) is 4.79 Å². The second kappa shape index (κ2) is 5.77. The van der Waals surface area contributed by atoms with E-state index >= 15 is 0 Å². The minimum absolute atomic E-state index is 0.617. The smallest absolute Gasteiger partial charge is 0.407 e. The maximum absolute atomic E-state index is 11.6. The van der Waals surface area contributed by atoms with Crippen LogP contribution in [0.1, 0.15) is 35.8 Å². The molecular weight excluding hydrogens is 266 g/mol. The third-order valence-corrected chi connectivity index (χ3v) is 2.49. The summed E-state index contributed by atoms with van der Waals surface area (Å²) in [5.74, 6) is 0. The van der Waals surface area contributed by atoms with Crippen LogP contribution in [0.3, 0.4) is 0 Å². The highest BCUT2D eigenvalue weighted by atomic mass is 16.6. The minimum Gasteiger partial charge on any atom is -0.447 e. The Balaban J connectivity index is 2.41. The second-order valence-corrected chi connectivity index (χ2v) is 3.93.